The molecule has 68 heavy (non-hydrogen) atoms. The third kappa shape index (κ3) is 16.5. The molecule has 4 aromatic carbocycles. The molecular formula is C41H43N12Na3O9S3. The fourth-order valence-electron chi connectivity index (χ4n) is 6.16. The number of rotatable bonds is 21. The van der Waals surface area contributed by atoms with Gasteiger partial charge in [0.15, 0.2) is 0 Å². The van der Waals surface area contributed by atoms with Crippen LogP contribution in [-0.4, -0.2) is 82.0 Å². The van der Waals surface area contributed by atoms with Gasteiger partial charge in [-0.25, -0.2) is 16.8 Å². The summed E-state index contributed by atoms with van der Waals surface area (Å²) in [5.74, 6) is 1.06. The van der Waals surface area contributed by atoms with Gasteiger partial charge in [-0.3, -0.25) is 5.04 Å². The second kappa shape index (κ2) is 27.2. The van der Waals surface area contributed by atoms with E-state index in [4.69, 9.17) is 0 Å². The molecule has 6 rings (SSSR count). The van der Waals surface area contributed by atoms with Gasteiger partial charge in [-0.15, -0.1) is 0 Å². The van der Waals surface area contributed by atoms with Crippen molar-refractivity contribution in [1.82, 2.24) is 29.9 Å². The Morgan fingerprint density at radius 1 is 0.544 bits per heavy atom. The normalized spacial score (nSPS) is 11.2. The van der Waals surface area contributed by atoms with E-state index in [9.17, 15) is 31.2 Å². The Bertz CT molecular complexity index is 2870. The van der Waals surface area contributed by atoms with Gasteiger partial charge in [0.2, 0.25) is 35.7 Å². The van der Waals surface area contributed by atoms with E-state index in [1.165, 1.54) is 36.4 Å². The number of benzene rings is 4. The molecule has 0 spiro atoms. The maximum atomic E-state index is 12.6. The summed E-state index contributed by atoms with van der Waals surface area (Å²) in [5, 5.41) is 25.7. The summed E-state index contributed by atoms with van der Waals surface area (Å²) in [6.45, 7) is 11.9. The average molecular weight is 1010 g/mol. The van der Waals surface area contributed by atoms with Crippen LogP contribution in [0.2, 0.25) is 0 Å². The number of aromatic nitrogens is 6. The van der Waals surface area contributed by atoms with Crippen LogP contribution in [0, 0.1) is 6.92 Å². The Morgan fingerprint density at radius 2 is 0.882 bits per heavy atom. The summed E-state index contributed by atoms with van der Waals surface area (Å²) in [5.41, 5.74) is 2.46. The Labute approximate surface area is 465 Å². The fourth-order valence-corrected chi connectivity index (χ4v) is 7.91. The zero-order chi connectivity index (χ0) is 46.7. The minimum Gasteiger partial charge on any atom is -0.744 e. The number of nitrogens with one attached hydrogen (secondary N) is 4. The first kappa shape index (κ1) is 58.8. The number of hydrogen-bond acceptors (Lipinski definition) is 22. The zero-order valence-corrected chi connectivity index (χ0v) is 47.0. The molecule has 342 valence electrons. The predicted molar refractivity (Wildman–Crippen MR) is 243 cm³/mol. The van der Waals surface area contributed by atoms with Crippen LogP contribution in [0.1, 0.15) is 44.4 Å². The van der Waals surface area contributed by atoms with Gasteiger partial charge in [-0.05, 0) is 106 Å². The van der Waals surface area contributed by atoms with Gasteiger partial charge >= 0.3 is 88.7 Å². The van der Waals surface area contributed by atoms with Crippen LogP contribution < -0.4 is 125 Å². The molecule has 0 radical (unpaired) electrons. The van der Waals surface area contributed by atoms with Crippen LogP contribution in [0.5, 0.6) is 0 Å². The van der Waals surface area contributed by atoms with Gasteiger partial charge in [0.25, 0.3) is 0 Å². The molecule has 0 bridgehead atoms. The average Bonchev–Trinajstić information content (AvgIpc) is 3.27. The maximum Gasteiger partial charge on any atom is 1.00 e. The van der Waals surface area contributed by atoms with Crippen LogP contribution in [0.4, 0.5) is 58.4 Å². The minimum absolute atomic E-state index is 0. The Balaban J connectivity index is 0.00000408. The van der Waals surface area contributed by atoms with Crippen molar-refractivity contribution in [2.24, 2.45) is 0 Å². The van der Waals surface area contributed by atoms with Crippen molar-refractivity contribution in [2.75, 3.05) is 57.2 Å². The van der Waals surface area contributed by atoms with Crippen molar-refractivity contribution in [2.45, 2.75) is 49.3 Å². The van der Waals surface area contributed by atoms with Crippen LogP contribution >= 0.6 is 12.0 Å². The molecule has 0 aliphatic rings. The largest absolute Gasteiger partial charge is 1.00 e. The first-order chi connectivity index (χ1) is 31.1. The Kier molecular flexibility index (Phi) is 23.5. The van der Waals surface area contributed by atoms with E-state index in [-0.39, 0.29) is 135 Å². The molecule has 0 amide bonds. The molecule has 0 unspecified atom stereocenters. The molecule has 0 saturated heterocycles. The molecule has 0 atom stereocenters. The summed E-state index contributed by atoms with van der Waals surface area (Å²) in [7, 11) is -10.2. The minimum atomic E-state index is -5.13. The molecule has 6 aromatic rings. The van der Waals surface area contributed by atoms with E-state index in [0.29, 0.717) is 48.7 Å². The second-order valence-electron chi connectivity index (χ2n) is 13.8. The number of anilines is 10. The quantitative estimate of drug-likeness (QED) is 0.0142. The van der Waals surface area contributed by atoms with E-state index < -0.39 is 30.0 Å². The molecule has 2 heterocycles. The Morgan fingerprint density at radius 3 is 1.22 bits per heavy atom. The Hall–Kier alpha value is -3.51. The molecule has 27 heteroatoms. The standard InChI is InChI=1S/C41H46N12O9S3.3Na/c1-6-52(7-2)40-48-36(42-29-16-10-26(5)11-17-29)46-38(50-40)44-31-18-14-27(34(24-31)64(55,56)57)12-13-28-15-19-32(25-35(28)65(58,59)60)45-39-47-37(49-41(51-39)53(8-3)9-4)43-30-20-22-33(23-21-30)63-62-61-54;;;/h10-25,54H,6-9H2,1-5H3,(H,55,56,57)(H,58,59,60)(H2,42,44,46,48,50)(H2,43,45,47,49,51);;;/q;3*+1/p-3/b13-12+;;;. The monoisotopic (exact) mass is 1010 g/mol. The van der Waals surface area contributed by atoms with Crippen LogP contribution in [0.25, 0.3) is 12.2 Å². The van der Waals surface area contributed by atoms with Crippen molar-refractivity contribution >= 4 is 103 Å². The van der Waals surface area contributed by atoms with Gasteiger partial charge in [0, 0.05) is 53.8 Å². The summed E-state index contributed by atoms with van der Waals surface area (Å²) < 4.78 is 80.1. The zero-order valence-electron chi connectivity index (χ0n) is 38.5. The summed E-state index contributed by atoms with van der Waals surface area (Å²) >= 11 is 0.725. The molecule has 4 N–H and O–H groups in total. The molecule has 2 aromatic heterocycles. The topological polar surface area (TPSA) is 288 Å². The molecule has 0 fully saturated rings. The van der Waals surface area contributed by atoms with Gasteiger partial charge in [0.05, 0.1) is 21.8 Å². The third-order valence-electron chi connectivity index (χ3n) is 9.44. The summed E-state index contributed by atoms with van der Waals surface area (Å²) in [6.07, 6.45) is 2.43. The maximum absolute atomic E-state index is 12.6. The second-order valence-corrected chi connectivity index (χ2v) is 17.2. The SMILES string of the molecule is CCN(CC)c1nc(Nc2ccc(C)cc2)nc(Nc2ccc(/C=C/c3ccc(Nc4nc(Nc5ccc(SOO[O-])cc5)nc(N(CC)CC)n4)cc3S(=O)(=O)[O-])c(S(=O)(=O)[O-])c2)n1.[Na+].[Na+].[Na+]. The van der Waals surface area contributed by atoms with Gasteiger partial charge in [0.1, 0.15) is 20.2 Å². The van der Waals surface area contributed by atoms with E-state index in [2.05, 4.69) is 60.5 Å². The summed E-state index contributed by atoms with van der Waals surface area (Å²) in [6, 6.07) is 22.1. The van der Waals surface area contributed by atoms with Gasteiger partial charge in [-0.2, -0.15) is 34.2 Å². The van der Waals surface area contributed by atoms with E-state index in [0.717, 1.165) is 35.4 Å². The van der Waals surface area contributed by atoms with Crippen molar-refractivity contribution in [3.63, 3.8) is 0 Å². The van der Waals surface area contributed by atoms with Gasteiger partial charge in [-0.1, -0.05) is 42.0 Å². The fraction of sp³-hybridized carbons (Fsp3) is 0.220. The first-order valence-electron chi connectivity index (χ1n) is 19.9. The van der Waals surface area contributed by atoms with Crippen LogP contribution in [0.3, 0.4) is 0 Å². The van der Waals surface area contributed by atoms with Crippen molar-refractivity contribution in [3.05, 3.63) is 102 Å². The van der Waals surface area contributed by atoms with Crippen molar-refractivity contribution < 1.29 is 129 Å². The molecular weight excluding hydrogens is 970 g/mol. The third-order valence-corrected chi connectivity index (χ3v) is 11.8. The van der Waals surface area contributed by atoms with E-state index in [1.807, 2.05) is 68.7 Å². The molecule has 0 aliphatic heterocycles. The van der Waals surface area contributed by atoms with Crippen molar-refractivity contribution in [3.8, 4) is 0 Å². The number of hydrogen-bond donors (Lipinski definition) is 4. The first-order valence-corrected chi connectivity index (χ1v) is 23.4. The smallest absolute Gasteiger partial charge is 0.744 e. The van der Waals surface area contributed by atoms with Crippen molar-refractivity contribution in [1.29, 1.82) is 0 Å². The van der Waals surface area contributed by atoms with Crippen LogP contribution in [-0.2, 0) is 29.6 Å². The summed E-state index contributed by atoms with van der Waals surface area (Å²) in [4.78, 5) is 30.0. The molecule has 21 nitrogen and oxygen atoms in total. The number of nitrogens with zero attached hydrogens (tertiary/aromatic N) is 8. The van der Waals surface area contributed by atoms with E-state index in [1.54, 1.807) is 24.3 Å². The molecule has 0 aliphatic carbocycles. The predicted octanol–water partition coefficient (Wildman–Crippen LogP) is -2.75. The van der Waals surface area contributed by atoms with Gasteiger partial charge < -0.3 is 45.4 Å². The van der Waals surface area contributed by atoms with Crippen LogP contribution in [0.15, 0.2) is 99.6 Å². The number of aryl methyl sites for hydroxylation is 1. The molecule has 0 saturated carbocycles. The van der Waals surface area contributed by atoms with E-state index >= 15 is 0 Å².